The predicted molar refractivity (Wildman–Crippen MR) is 76.3 cm³/mol. The Morgan fingerprint density at radius 3 is 2.63 bits per heavy atom. The molecule has 0 radical (unpaired) electrons. The molecule has 104 valence electrons. The lowest BCUT2D eigenvalue weighted by molar-refractivity contribution is -0.125. The molecule has 0 aliphatic carbocycles. The number of carbonyl (C=O) groups excluding carboxylic acids is 2. The summed E-state index contributed by atoms with van der Waals surface area (Å²) in [6.07, 6.45) is 5.65. The van der Waals surface area contributed by atoms with Crippen molar-refractivity contribution in [3.8, 4) is 0 Å². The van der Waals surface area contributed by atoms with Crippen LogP contribution in [0.4, 0.5) is 0 Å². The van der Waals surface area contributed by atoms with Crippen molar-refractivity contribution in [3.05, 3.63) is 35.6 Å². The average Bonchev–Trinajstić information content (AvgIpc) is 2.72. The second kappa shape index (κ2) is 6.92. The van der Waals surface area contributed by atoms with Gasteiger partial charge in [-0.3, -0.25) is 14.9 Å². The van der Waals surface area contributed by atoms with E-state index in [1.807, 2.05) is 13.8 Å². The zero-order valence-corrected chi connectivity index (χ0v) is 11.9. The molecule has 1 N–H and O–H groups in total. The Morgan fingerprint density at radius 1 is 1.47 bits per heavy atom. The summed E-state index contributed by atoms with van der Waals surface area (Å²) in [5.41, 5.74) is 3.47. The van der Waals surface area contributed by atoms with E-state index < -0.39 is 0 Å². The number of nitrogens with one attached hydrogen (secondary N) is 1. The van der Waals surface area contributed by atoms with E-state index in [0.717, 1.165) is 12.2 Å². The minimum atomic E-state index is -0.232. The highest BCUT2D eigenvalue weighted by molar-refractivity contribution is 5.85. The van der Waals surface area contributed by atoms with Gasteiger partial charge in [-0.1, -0.05) is 18.7 Å². The fraction of sp³-hybridized carbons (Fsp3) is 0.467. The van der Waals surface area contributed by atoms with Gasteiger partial charge >= 0.3 is 0 Å². The van der Waals surface area contributed by atoms with Crippen LogP contribution in [-0.4, -0.2) is 29.8 Å². The largest absolute Gasteiger partial charge is 0.364 e. The number of nitrogens with zero attached hydrogens (tertiary/aromatic N) is 1. The van der Waals surface area contributed by atoms with Crippen LogP contribution >= 0.6 is 0 Å². The molecule has 0 aromatic heterocycles. The Morgan fingerprint density at radius 2 is 2.16 bits per heavy atom. The summed E-state index contributed by atoms with van der Waals surface area (Å²) in [4.78, 5) is 23.6. The number of hydrogen-bond donors (Lipinski definition) is 1. The van der Waals surface area contributed by atoms with E-state index in [4.69, 9.17) is 0 Å². The molecule has 0 saturated carbocycles. The Balaban J connectivity index is 2.64. The van der Waals surface area contributed by atoms with Crippen LogP contribution < -0.4 is 5.32 Å². The number of hydrogen-bond acceptors (Lipinski definition) is 3. The molecule has 0 aromatic carbocycles. The number of allylic oxidation sites excluding steroid dienone is 3. The first kappa shape index (κ1) is 15.2. The second-order valence-corrected chi connectivity index (χ2v) is 4.66. The van der Waals surface area contributed by atoms with E-state index >= 15 is 0 Å². The summed E-state index contributed by atoms with van der Waals surface area (Å²) in [7, 11) is 0. The van der Waals surface area contributed by atoms with Crippen LogP contribution in [-0.2, 0) is 9.59 Å². The smallest absolute Gasteiger partial charge is 0.226 e. The van der Waals surface area contributed by atoms with Crippen LogP contribution in [0.2, 0.25) is 0 Å². The van der Waals surface area contributed by atoms with Gasteiger partial charge in [0.15, 0.2) is 0 Å². The van der Waals surface area contributed by atoms with Crippen LogP contribution in [0.3, 0.4) is 0 Å². The highest BCUT2D eigenvalue weighted by Gasteiger charge is 2.27. The third-order valence-corrected chi connectivity index (χ3v) is 3.52. The molecule has 2 amide bonds. The molecule has 4 heteroatoms. The Labute approximate surface area is 114 Å². The molecule has 1 saturated heterocycles. The molecule has 0 spiro atoms. The molecule has 0 aromatic rings. The number of rotatable bonds is 5. The fourth-order valence-corrected chi connectivity index (χ4v) is 2.36. The topological polar surface area (TPSA) is 49.4 Å². The molecule has 1 rings (SSSR count). The van der Waals surface area contributed by atoms with Gasteiger partial charge in [0, 0.05) is 24.7 Å². The van der Waals surface area contributed by atoms with Crippen molar-refractivity contribution in [3.63, 3.8) is 0 Å². The molecule has 4 nitrogen and oxygen atoms in total. The first-order valence-electron chi connectivity index (χ1n) is 6.55. The average molecular weight is 262 g/mol. The van der Waals surface area contributed by atoms with Crippen LogP contribution in [0, 0.1) is 0 Å². The molecule has 1 heterocycles. The second-order valence-electron chi connectivity index (χ2n) is 4.66. The Hall–Kier alpha value is -1.84. The minimum absolute atomic E-state index is 0.220. The lowest BCUT2D eigenvalue weighted by atomic mass is 10.1. The molecule has 1 aliphatic heterocycles. The molecular formula is C15H22N2O2. The normalized spacial score (nSPS) is 21.0. The number of imide groups is 1. The summed E-state index contributed by atoms with van der Waals surface area (Å²) in [5, 5.41) is 2.16. The number of amides is 2. The van der Waals surface area contributed by atoms with E-state index in [9.17, 15) is 9.59 Å². The van der Waals surface area contributed by atoms with Gasteiger partial charge in [-0.25, -0.2) is 0 Å². The highest BCUT2D eigenvalue weighted by atomic mass is 16.2. The molecule has 1 unspecified atom stereocenters. The van der Waals surface area contributed by atoms with Crippen LogP contribution in [0.25, 0.3) is 0 Å². The standard InChI is InChI=1S/C15H22N2O2/c1-5-13-9-17(12(4)14(13)6-2)11(3)7-8-15(19)16-10-18/h5-6,10-11H,4,7-9H2,1-3H3,(H,16,18,19)/b13-5-,14-6-. The summed E-state index contributed by atoms with van der Waals surface area (Å²) in [6.45, 7) is 11.1. The van der Waals surface area contributed by atoms with E-state index in [1.165, 1.54) is 11.1 Å². The predicted octanol–water partition coefficient (Wildman–Crippen LogP) is 2.15. The van der Waals surface area contributed by atoms with Crippen molar-refractivity contribution in [2.24, 2.45) is 0 Å². The fourth-order valence-electron chi connectivity index (χ4n) is 2.36. The van der Waals surface area contributed by atoms with Crippen molar-refractivity contribution in [2.75, 3.05) is 6.54 Å². The zero-order chi connectivity index (χ0) is 14.4. The van der Waals surface area contributed by atoms with Gasteiger partial charge in [-0.2, -0.15) is 0 Å². The maximum atomic E-state index is 11.3. The van der Waals surface area contributed by atoms with Gasteiger partial charge in [0.2, 0.25) is 12.3 Å². The quantitative estimate of drug-likeness (QED) is 0.772. The number of likely N-dealkylation sites (tertiary alicyclic amines) is 1. The molecule has 1 aliphatic rings. The van der Waals surface area contributed by atoms with Crippen molar-refractivity contribution in [1.82, 2.24) is 10.2 Å². The molecular weight excluding hydrogens is 240 g/mol. The van der Waals surface area contributed by atoms with Gasteiger partial charge in [0.05, 0.1) is 0 Å². The highest BCUT2D eigenvalue weighted by Crippen LogP contribution is 2.33. The maximum Gasteiger partial charge on any atom is 0.226 e. The van der Waals surface area contributed by atoms with Crippen LogP contribution in [0.5, 0.6) is 0 Å². The van der Waals surface area contributed by atoms with Crippen molar-refractivity contribution < 1.29 is 9.59 Å². The molecule has 1 atom stereocenters. The third-order valence-electron chi connectivity index (χ3n) is 3.52. The zero-order valence-electron chi connectivity index (χ0n) is 11.9. The molecule has 0 bridgehead atoms. The monoisotopic (exact) mass is 262 g/mol. The minimum Gasteiger partial charge on any atom is -0.364 e. The summed E-state index contributed by atoms with van der Waals surface area (Å²) < 4.78 is 0. The lowest BCUT2D eigenvalue weighted by Crippen LogP contribution is -2.31. The van der Waals surface area contributed by atoms with E-state index in [0.29, 0.717) is 19.3 Å². The molecule has 1 fully saturated rings. The van der Waals surface area contributed by atoms with Crippen LogP contribution in [0.15, 0.2) is 35.6 Å². The van der Waals surface area contributed by atoms with Crippen LogP contribution in [0.1, 0.15) is 33.6 Å². The summed E-state index contributed by atoms with van der Waals surface area (Å²) in [6, 6.07) is 0.220. The van der Waals surface area contributed by atoms with E-state index in [2.05, 4.69) is 35.9 Å². The number of carbonyl (C=O) groups is 2. The lowest BCUT2D eigenvalue weighted by Gasteiger charge is -2.26. The van der Waals surface area contributed by atoms with Gasteiger partial charge < -0.3 is 4.90 Å². The first-order valence-corrected chi connectivity index (χ1v) is 6.55. The van der Waals surface area contributed by atoms with Gasteiger partial charge in [-0.15, -0.1) is 0 Å². The van der Waals surface area contributed by atoms with Crippen molar-refractivity contribution in [2.45, 2.75) is 39.7 Å². The summed E-state index contributed by atoms with van der Waals surface area (Å²) in [5.74, 6) is -0.232. The third kappa shape index (κ3) is 3.56. The Kier molecular flexibility index (Phi) is 5.55. The maximum absolute atomic E-state index is 11.3. The first-order chi connectivity index (χ1) is 9.04. The Bertz CT molecular complexity index is 435. The SMILES string of the molecule is C=C1C(=C/C)/C(=C\C)CN1C(C)CCC(=O)NC=O. The van der Waals surface area contributed by atoms with E-state index in [1.54, 1.807) is 0 Å². The van der Waals surface area contributed by atoms with Gasteiger partial charge in [0.1, 0.15) is 0 Å². The summed E-state index contributed by atoms with van der Waals surface area (Å²) >= 11 is 0. The van der Waals surface area contributed by atoms with Gasteiger partial charge in [-0.05, 0) is 38.3 Å². The van der Waals surface area contributed by atoms with Crippen molar-refractivity contribution >= 4 is 12.3 Å². The van der Waals surface area contributed by atoms with Gasteiger partial charge in [0.25, 0.3) is 0 Å². The van der Waals surface area contributed by atoms with Crippen molar-refractivity contribution in [1.29, 1.82) is 0 Å². The molecule has 19 heavy (non-hydrogen) atoms. The van der Waals surface area contributed by atoms with E-state index in [-0.39, 0.29) is 11.9 Å².